The van der Waals surface area contributed by atoms with Crippen molar-refractivity contribution < 1.29 is 9.18 Å². The van der Waals surface area contributed by atoms with Crippen LogP contribution in [0.15, 0.2) is 36.4 Å². The topological polar surface area (TPSA) is 58.1 Å². The lowest BCUT2D eigenvalue weighted by atomic mass is 10.1. The number of rotatable bonds is 6. The van der Waals surface area contributed by atoms with Crippen LogP contribution < -0.4 is 10.2 Å². The van der Waals surface area contributed by atoms with Gasteiger partial charge in [-0.1, -0.05) is 41.2 Å². The van der Waals surface area contributed by atoms with E-state index < -0.39 is 0 Å². The maximum atomic E-state index is 13.0. The number of carbonyl (C=O) groups is 1. The number of benzene rings is 2. The summed E-state index contributed by atoms with van der Waals surface area (Å²) in [5, 5.41) is 12.9. The molecule has 0 spiro atoms. The number of carbonyl (C=O) groups excluding carboxylic acids is 1. The molecule has 0 bridgehead atoms. The predicted octanol–water partition coefficient (Wildman–Crippen LogP) is 4.27. The molecule has 3 rings (SSSR count). The van der Waals surface area contributed by atoms with Crippen molar-refractivity contribution in [3.05, 3.63) is 69.5 Å². The van der Waals surface area contributed by atoms with Crippen LogP contribution in [0.1, 0.15) is 27.3 Å². The van der Waals surface area contributed by atoms with Crippen LogP contribution in [0.4, 0.5) is 15.2 Å². The zero-order valence-corrected chi connectivity index (χ0v) is 17.2. The zero-order chi connectivity index (χ0) is 20.3. The quantitative estimate of drug-likeness (QED) is 0.674. The molecule has 2 aromatic carbocycles. The van der Waals surface area contributed by atoms with E-state index in [1.165, 1.54) is 29.0 Å². The average Bonchev–Trinajstić information content (AvgIpc) is 3.09. The molecule has 1 heterocycles. The molecule has 0 aliphatic rings. The van der Waals surface area contributed by atoms with E-state index >= 15 is 0 Å². The van der Waals surface area contributed by atoms with Crippen molar-refractivity contribution in [1.82, 2.24) is 10.2 Å². The minimum atomic E-state index is -0.258. The maximum absolute atomic E-state index is 13.0. The van der Waals surface area contributed by atoms with Crippen LogP contribution >= 0.6 is 11.3 Å². The Labute approximate surface area is 168 Å². The summed E-state index contributed by atoms with van der Waals surface area (Å²) < 4.78 is 13.0. The van der Waals surface area contributed by atoms with Gasteiger partial charge < -0.3 is 10.2 Å². The third-order valence-electron chi connectivity index (χ3n) is 4.37. The second kappa shape index (κ2) is 8.48. The Balaban J connectivity index is 1.62. The van der Waals surface area contributed by atoms with Gasteiger partial charge in [0.15, 0.2) is 0 Å². The minimum Gasteiger partial charge on any atom is -0.340 e. The summed E-state index contributed by atoms with van der Waals surface area (Å²) in [6.45, 7) is 6.20. The fourth-order valence-corrected chi connectivity index (χ4v) is 3.92. The summed E-state index contributed by atoms with van der Waals surface area (Å²) >= 11 is 1.43. The van der Waals surface area contributed by atoms with Crippen LogP contribution in [0, 0.1) is 26.6 Å². The molecule has 7 heteroatoms. The summed E-state index contributed by atoms with van der Waals surface area (Å²) in [6, 6.07) is 10.4. The molecule has 0 fully saturated rings. The second-order valence-corrected chi connectivity index (χ2v) is 8.00. The SMILES string of the molecule is Cc1cc(C)c(NC(=O)CN(C)c2nnc(Cc3ccc(F)cc3)s2)c(C)c1. The van der Waals surface area contributed by atoms with Gasteiger partial charge in [0.2, 0.25) is 11.0 Å². The highest BCUT2D eigenvalue weighted by atomic mass is 32.1. The van der Waals surface area contributed by atoms with Gasteiger partial charge in [-0.2, -0.15) is 0 Å². The van der Waals surface area contributed by atoms with E-state index in [4.69, 9.17) is 0 Å². The number of amides is 1. The summed E-state index contributed by atoms with van der Waals surface area (Å²) in [7, 11) is 1.82. The molecule has 0 aliphatic carbocycles. The smallest absolute Gasteiger partial charge is 0.243 e. The van der Waals surface area contributed by atoms with E-state index in [2.05, 4.69) is 27.6 Å². The van der Waals surface area contributed by atoms with Gasteiger partial charge in [-0.25, -0.2) is 4.39 Å². The van der Waals surface area contributed by atoms with Gasteiger partial charge >= 0.3 is 0 Å². The molecule has 0 saturated carbocycles. The minimum absolute atomic E-state index is 0.104. The van der Waals surface area contributed by atoms with Gasteiger partial charge in [-0.3, -0.25) is 4.79 Å². The maximum Gasteiger partial charge on any atom is 0.243 e. The largest absolute Gasteiger partial charge is 0.340 e. The van der Waals surface area contributed by atoms with E-state index in [1.54, 1.807) is 17.0 Å². The molecule has 1 aromatic heterocycles. The molecule has 146 valence electrons. The van der Waals surface area contributed by atoms with Crippen molar-refractivity contribution in [2.24, 2.45) is 0 Å². The number of hydrogen-bond donors (Lipinski definition) is 1. The summed E-state index contributed by atoms with van der Waals surface area (Å²) in [6.07, 6.45) is 0.583. The Morgan fingerprint density at radius 1 is 1.11 bits per heavy atom. The van der Waals surface area contributed by atoms with E-state index in [0.717, 1.165) is 27.4 Å². The molecule has 0 aliphatic heterocycles. The van der Waals surface area contributed by atoms with Crippen molar-refractivity contribution in [3.8, 4) is 0 Å². The molecular weight excluding hydrogens is 375 g/mol. The lowest BCUT2D eigenvalue weighted by Crippen LogP contribution is -2.30. The van der Waals surface area contributed by atoms with Crippen LogP contribution in [0.25, 0.3) is 0 Å². The van der Waals surface area contributed by atoms with E-state index in [1.807, 2.05) is 27.8 Å². The fourth-order valence-electron chi connectivity index (χ4n) is 3.09. The van der Waals surface area contributed by atoms with Crippen LogP contribution in [0.3, 0.4) is 0 Å². The molecule has 0 atom stereocenters. The molecule has 5 nitrogen and oxygen atoms in total. The molecule has 0 unspecified atom stereocenters. The van der Waals surface area contributed by atoms with Crippen molar-refractivity contribution in [2.75, 3.05) is 23.8 Å². The van der Waals surface area contributed by atoms with Crippen LogP contribution in [0.2, 0.25) is 0 Å². The fraction of sp³-hybridized carbons (Fsp3) is 0.286. The van der Waals surface area contributed by atoms with Crippen LogP contribution in [-0.2, 0) is 11.2 Å². The van der Waals surface area contributed by atoms with Gasteiger partial charge in [0.05, 0.1) is 6.54 Å². The standard InChI is InChI=1S/C21H23FN4OS/c1-13-9-14(2)20(15(3)10-13)23-18(27)12-26(4)21-25-24-19(28-21)11-16-5-7-17(22)8-6-16/h5-10H,11-12H2,1-4H3,(H,23,27). The lowest BCUT2D eigenvalue weighted by Gasteiger charge is -2.17. The average molecular weight is 399 g/mol. The third-order valence-corrected chi connectivity index (χ3v) is 5.41. The van der Waals surface area contributed by atoms with Gasteiger partial charge in [0.1, 0.15) is 10.8 Å². The number of nitrogens with one attached hydrogen (secondary N) is 1. The van der Waals surface area contributed by atoms with Gasteiger partial charge in [0.25, 0.3) is 0 Å². The van der Waals surface area contributed by atoms with E-state index in [9.17, 15) is 9.18 Å². The Hall–Kier alpha value is -2.80. The second-order valence-electron chi connectivity index (χ2n) is 6.96. The highest BCUT2D eigenvalue weighted by Gasteiger charge is 2.14. The zero-order valence-electron chi connectivity index (χ0n) is 16.4. The number of aromatic nitrogens is 2. The first-order valence-corrected chi connectivity index (χ1v) is 9.79. The van der Waals surface area contributed by atoms with Gasteiger partial charge in [0, 0.05) is 19.2 Å². The van der Waals surface area contributed by atoms with Crippen molar-refractivity contribution in [1.29, 1.82) is 0 Å². The molecule has 1 amide bonds. The normalized spacial score (nSPS) is 10.8. The Bertz CT molecular complexity index is 961. The molecule has 0 radical (unpaired) electrons. The number of halogens is 1. The Morgan fingerprint density at radius 3 is 2.39 bits per heavy atom. The first-order chi connectivity index (χ1) is 13.3. The first-order valence-electron chi connectivity index (χ1n) is 8.97. The van der Waals surface area contributed by atoms with Gasteiger partial charge in [-0.15, -0.1) is 10.2 Å². The van der Waals surface area contributed by atoms with E-state index in [-0.39, 0.29) is 18.3 Å². The number of likely N-dealkylation sites (N-methyl/N-ethyl adjacent to an activating group) is 1. The van der Waals surface area contributed by atoms with Crippen molar-refractivity contribution in [2.45, 2.75) is 27.2 Å². The predicted molar refractivity (Wildman–Crippen MR) is 112 cm³/mol. The summed E-state index contributed by atoms with van der Waals surface area (Å²) in [5.74, 6) is -0.362. The molecule has 3 aromatic rings. The van der Waals surface area contributed by atoms with Crippen LogP contribution in [0.5, 0.6) is 0 Å². The Kier molecular flexibility index (Phi) is 6.04. The number of aryl methyl sites for hydroxylation is 3. The number of hydrogen-bond acceptors (Lipinski definition) is 5. The van der Waals surface area contributed by atoms with Gasteiger partial charge in [-0.05, 0) is 49.6 Å². The summed E-state index contributed by atoms with van der Waals surface area (Å²) in [5.41, 5.74) is 5.10. The first kappa shape index (κ1) is 19.9. The van der Waals surface area contributed by atoms with Crippen LogP contribution in [-0.4, -0.2) is 29.7 Å². The summed E-state index contributed by atoms with van der Waals surface area (Å²) in [4.78, 5) is 14.3. The molecule has 1 N–H and O–H groups in total. The van der Waals surface area contributed by atoms with E-state index in [0.29, 0.717) is 11.6 Å². The lowest BCUT2D eigenvalue weighted by molar-refractivity contribution is -0.114. The molecule has 0 saturated heterocycles. The number of nitrogens with zero attached hydrogens (tertiary/aromatic N) is 3. The highest BCUT2D eigenvalue weighted by molar-refractivity contribution is 7.15. The highest BCUT2D eigenvalue weighted by Crippen LogP contribution is 2.23. The number of anilines is 2. The van der Waals surface area contributed by atoms with Crippen molar-refractivity contribution in [3.63, 3.8) is 0 Å². The Morgan fingerprint density at radius 2 is 1.75 bits per heavy atom. The monoisotopic (exact) mass is 398 g/mol. The molecular formula is C21H23FN4OS. The third kappa shape index (κ3) is 4.92. The van der Waals surface area contributed by atoms with Crippen molar-refractivity contribution >= 4 is 28.1 Å². The molecule has 28 heavy (non-hydrogen) atoms.